The van der Waals surface area contributed by atoms with E-state index in [-0.39, 0.29) is 0 Å². The Morgan fingerprint density at radius 2 is 1.88 bits per heavy atom. The summed E-state index contributed by atoms with van der Waals surface area (Å²) in [6, 6.07) is 2.40. The molecule has 134 valence electrons. The van der Waals surface area contributed by atoms with Crippen LogP contribution in [-0.4, -0.2) is 68.4 Å². The predicted octanol–water partition coefficient (Wildman–Crippen LogP) is -0.323. The minimum absolute atomic E-state index is 0.304. The highest BCUT2D eigenvalue weighted by molar-refractivity contribution is 5.45. The molecule has 2 aromatic rings. The van der Waals surface area contributed by atoms with Gasteiger partial charge in [-0.2, -0.15) is 10.1 Å². The van der Waals surface area contributed by atoms with Crippen LogP contribution in [0.1, 0.15) is 24.5 Å². The highest BCUT2D eigenvalue weighted by Gasteiger charge is 2.29. The Hall–Kier alpha value is -2.26. The first-order valence-electron chi connectivity index (χ1n) is 8.87. The number of nitrogen functional groups attached to an aromatic ring is 1. The smallest absolute Gasteiger partial charge is 0.222 e. The van der Waals surface area contributed by atoms with Gasteiger partial charge >= 0.3 is 0 Å². The third kappa shape index (κ3) is 3.72. The van der Waals surface area contributed by atoms with Gasteiger partial charge in [-0.05, 0) is 12.8 Å². The summed E-state index contributed by atoms with van der Waals surface area (Å²) in [4.78, 5) is 17.6. The molecule has 1 aliphatic heterocycles. The van der Waals surface area contributed by atoms with Crippen LogP contribution in [0.5, 0.6) is 0 Å². The largest absolute Gasteiger partial charge is 0.368 e. The standard InChI is InChI=1S/C16H25N9/c17-13-7-12(8-13)14-9-15(22-16(18)21-14)24-4-1-23(2-5-24)3-6-25-11-19-10-20-25/h9-13H,1-8,17H2,(H2,18,21,22). The number of anilines is 2. The molecule has 3 heterocycles. The molecule has 1 saturated heterocycles. The lowest BCUT2D eigenvalue weighted by Gasteiger charge is -2.36. The van der Waals surface area contributed by atoms with Crippen molar-refractivity contribution in [3.8, 4) is 0 Å². The van der Waals surface area contributed by atoms with Crippen LogP contribution in [0.4, 0.5) is 11.8 Å². The summed E-state index contributed by atoms with van der Waals surface area (Å²) in [5, 5.41) is 4.15. The van der Waals surface area contributed by atoms with Crippen molar-refractivity contribution >= 4 is 11.8 Å². The summed E-state index contributed by atoms with van der Waals surface area (Å²) in [6.07, 6.45) is 5.32. The quantitative estimate of drug-likeness (QED) is 0.759. The molecule has 0 amide bonds. The van der Waals surface area contributed by atoms with Crippen LogP contribution in [0.25, 0.3) is 0 Å². The molecule has 0 spiro atoms. The van der Waals surface area contributed by atoms with E-state index in [0.717, 1.165) is 63.6 Å². The van der Waals surface area contributed by atoms with Crippen LogP contribution in [0.3, 0.4) is 0 Å². The van der Waals surface area contributed by atoms with Gasteiger partial charge in [0, 0.05) is 50.7 Å². The monoisotopic (exact) mass is 343 g/mol. The topological polar surface area (TPSA) is 115 Å². The fourth-order valence-electron chi connectivity index (χ4n) is 3.54. The number of nitrogens with zero attached hydrogens (tertiary/aromatic N) is 7. The van der Waals surface area contributed by atoms with Gasteiger partial charge in [0.1, 0.15) is 18.5 Å². The Balaban J connectivity index is 1.34. The van der Waals surface area contributed by atoms with Gasteiger partial charge < -0.3 is 16.4 Å². The molecule has 2 fully saturated rings. The second kappa shape index (κ2) is 6.93. The molecule has 4 N–H and O–H groups in total. The molecule has 9 nitrogen and oxygen atoms in total. The van der Waals surface area contributed by atoms with Crippen LogP contribution in [0, 0.1) is 0 Å². The minimum atomic E-state index is 0.304. The van der Waals surface area contributed by atoms with Gasteiger partial charge in [0.15, 0.2) is 0 Å². The Bertz CT molecular complexity index is 688. The van der Waals surface area contributed by atoms with Crippen LogP contribution >= 0.6 is 0 Å². The van der Waals surface area contributed by atoms with Crippen molar-refractivity contribution in [3.63, 3.8) is 0 Å². The Morgan fingerprint density at radius 1 is 1.08 bits per heavy atom. The molecule has 1 saturated carbocycles. The lowest BCUT2D eigenvalue weighted by molar-refractivity contribution is 0.244. The van der Waals surface area contributed by atoms with Gasteiger partial charge in [0.05, 0.1) is 12.2 Å². The zero-order chi connectivity index (χ0) is 17.2. The first-order valence-corrected chi connectivity index (χ1v) is 8.87. The molecule has 2 aromatic heterocycles. The van der Waals surface area contributed by atoms with Crippen molar-refractivity contribution in [2.24, 2.45) is 5.73 Å². The summed E-state index contributed by atoms with van der Waals surface area (Å²) in [7, 11) is 0. The maximum atomic E-state index is 5.94. The van der Waals surface area contributed by atoms with Crippen molar-refractivity contribution in [2.45, 2.75) is 31.3 Å². The van der Waals surface area contributed by atoms with Gasteiger partial charge in [-0.25, -0.2) is 9.97 Å². The maximum absolute atomic E-state index is 5.94. The lowest BCUT2D eigenvalue weighted by Crippen LogP contribution is -2.47. The molecular weight excluding hydrogens is 318 g/mol. The van der Waals surface area contributed by atoms with Crippen LogP contribution in [0.15, 0.2) is 18.7 Å². The van der Waals surface area contributed by atoms with Gasteiger partial charge in [-0.15, -0.1) is 0 Å². The van der Waals surface area contributed by atoms with Crippen LogP contribution in [0.2, 0.25) is 0 Å². The van der Waals surface area contributed by atoms with Crippen molar-refractivity contribution in [1.82, 2.24) is 29.6 Å². The third-order valence-corrected chi connectivity index (χ3v) is 5.15. The first-order chi connectivity index (χ1) is 12.2. The normalized spacial score (nSPS) is 24.3. The Kier molecular flexibility index (Phi) is 4.50. The van der Waals surface area contributed by atoms with E-state index in [2.05, 4.69) is 35.9 Å². The summed E-state index contributed by atoms with van der Waals surface area (Å²) in [5.74, 6) is 1.74. The average molecular weight is 343 g/mol. The molecule has 0 aromatic carbocycles. The third-order valence-electron chi connectivity index (χ3n) is 5.15. The van der Waals surface area contributed by atoms with E-state index in [0.29, 0.717) is 17.9 Å². The van der Waals surface area contributed by atoms with E-state index in [1.54, 1.807) is 12.7 Å². The number of nitrogens with two attached hydrogens (primary N) is 2. The van der Waals surface area contributed by atoms with Gasteiger partial charge in [-0.3, -0.25) is 9.58 Å². The molecule has 1 aliphatic carbocycles. The maximum Gasteiger partial charge on any atom is 0.222 e. The molecule has 2 aliphatic rings. The van der Waals surface area contributed by atoms with Crippen molar-refractivity contribution in [2.75, 3.05) is 43.4 Å². The summed E-state index contributed by atoms with van der Waals surface area (Å²) in [6.45, 7) is 5.74. The average Bonchev–Trinajstić information content (AvgIpc) is 3.10. The van der Waals surface area contributed by atoms with Gasteiger partial charge in [-0.1, -0.05) is 0 Å². The molecule has 0 bridgehead atoms. The SMILES string of the molecule is Nc1nc(C2CC(N)C2)cc(N2CCN(CCn3cncn3)CC2)n1. The van der Waals surface area contributed by atoms with Gasteiger partial charge in [0.2, 0.25) is 5.95 Å². The molecule has 0 unspecified atom stereocenters. The van der Waals surface area contributed by atoms with Crippen molar-refractivity contribution < 1.29 is 0 Å². The molecule has 25 heavy (non-hydrogen) atoms. The molecule has 0 radical (unpaired) electrons. The molecule has 0 atom stereocenters. The van der Waals surface area contributed by atoms with E-state index in [9.17, 15) is 0 Å². The zero-order valence-corrected chi connectivity index (χ0v) is 14.3. The number of hydrogen-bond donors (Lipinski definition) is 2. The molecular formula is C16H25N9. The highest BCUT2D eigenvalue weighted by Crippen LogP contribution is 2.35. The van der Waals surface area contributed by atoms with Crippen molar-refractivity contribution in [3.05, 3.63) is 24.4 Å². The second-order valence-corrected chi connectivity index (χ2v) is 6.92. The van der Waals surface area contributed by atoms with E-state index in [4.69, 9.17) is 11.5 Å². The Morgan fingerprint density at radius 3 is 2.56 bits per heavy atom. The summed E-state index contributed by atoms with van der Waals surface area (Å²) >= 11 is 0. The van der Waals surface area contributed by atoms with E-state index in [1.807, 2.05) is 4.68 Å². The van der Waals surface area contributed by atoms with Gasteiger partial charge in [0.25, 0.3) is 0 Å². The van der Waals surface area contributed by atoms with E-state index >= 15 is 0 Å². The second-order valence-electron chi connectivity index (χ2n) is 6.92. The number of rotatable bonds is 5. The molecule has 9 heteroatoms. The number of hydrogen-bond acceptors (Lipinski definition) is 8. The lowest BCUT2D eigenvalue weighted by atomic mass is 9.78. The van der Waals surface area contributed by atoms with Crippen LogP contribution < -0.4 is 16.4 Å². The number of aromatic nitrogens is 5. The molecule has 4 rings (SSSR count). The zero-order valence-electron chi connectivity index (χ0n) is 14.3. The fraction of sp³-hybridized carbons (Fsp3) is 0.625. The predicted molar refractivity (Wildman–Crippen MR) is 95.1 cm³/mol. The van der Waals surface area contributed by atoms with Crippen LogP contribution in [-0.2, 0) is 6.54 Å². The Labute approximate surface area is 147 Å². The number of piperazine rings is 1. The first kappa shape index (κ1) is 16.2. The highest BCUT2D eigenvalue weighted by atomic mass is 15.3. The minimum Gasteiger partial charge on any atom is -0.368 e. The van der Waals surface area contributed by atoms with E-state index < -0.39 is 0 Å². The summed E-state index contributed by atoms with van der Waals surface area (Å²) in [5.41, 5.74) is 12.9. The fourth-order valence-corrected chi connectivity index (χ4v) is 3.54. The van der Waals surface area contributed by atoms with E-state index in [1.165, 1.54) is 0 Å². The van der Waals surface area contributed by atoms with Crippen molar-refractivity contribution in [1.29, 1.82) is 0 Å². The summed E-state index contributed by atoms with van der Waals surface area (Å²) < 4.78 is 1.87.